The van der Waals surface area contributed by atoms with Crippen molar-refractivity contribution in [1.29, 1.82) is 0 Å². The molecule has 2 saturated heterocycles. The number of rotatable bonds is 12. The molecule has 2 saturated carbocycles. The van der Waals surface area contributed by atoms with Gasteiger partial charge in [-0.3, -0.25) is 30.0 Å². The molecule has 5 rings (SSSR count). The van der Waals surface area contributed by atoms with Crippen LogP contribution in [0.4, 0.5) is 0 Å². The van der Waals surface area contributed by atoms with E-state index in [4.69, 9.17) is 9.47 Å². The molecule has 2 aliphatic carbocycles. The van der Waals surface area contributed by atoms with Crippen molar-refractivity contribution in [3.05, 3.63) is 23.3 Å². The van der Waals surface area contributed by atoms with Crippen molar-refractivity contribution in [2.45, 2.75) is 78.3 Å². The maximum Gasteiger partial charge on any atom is 0.314 e. The molecular weight excluding hydrogens is 612 g/mol. The van der Waals surface area contributed by atoms with E-state index in [1.54, 1.807) is 13.8 Å². The summed E-state index contributed by atoms with van der Waals surface area (Å²) in [4.78, 5) is 55.5. The molecule has 2 aliphatic heterocycles. The van der Waals surface area contributed by atoms with Gasteiger partial charge in [-0.15, -0.1) is 0 Å². The number of ether oxygens (including phenoxy) is 2. The predicted octanol–water partition coefficient (Wildman–Crippen LogP) is 2.79. The molecule has 4 fully saturated rings. The predicted molar refractivity (Wildman–Crippen MR) is 182 cm³/mol. The van der Waals surface area contributed by atoms with E-state index in [0.717, 1.165) is 63.5 Å². The van der Waals surface area contributed by atoms with Gasteiger partial charge in [0.1, 0.15) is 23.1 Å². The Hall–Kier alpha value is -2.74. The number of hydrogen-bond acceptors (Lipinski definition) is 12. The zero-order valence-electron chi connectivity index (χ0n) is 29.4. The number of piperazine rings is 2. The van der Waals surface area contributed by atoms with Crippen molar-refractivity contribution in [3.8, 4) is 11.5 Å². The Balaban J connectivity index is 1.37. The SMILES string of the molecule is CC(=O)C1CCC(C(=O)Oc2cc(CNN3CCN(C)CC3)c(OC(=O)C3CCC(C(C)=O)CC3)cc2CNN2CCN(C)CC2)CC1. The van der Waals surface area contributed by atoms with Crippen molar-refractivity contribution in [2.75, 3.05) is 66.5 Å². The molecule has 2 heterocycles. The van der Waals surface area contributed by atoms with Crippen LogP contribution >= 0.6 is 0 Å². The molecule has 48 heavy (non-hydrogen) atoms. The summed E-state index contributed by atoms with van der Waals surface area (Å²) in [5.41, 5.74) is 8.51. The molecule has 0 unspecified atom stereocenters. The van der Waals surface area contributed by atoms with Crippen LogP contribution in [-0.2, 0) is 32.3 Å². The average molecular weight is 669 g/mol. The molecule has 0 aromatic heterocycles. The van der Waals surface area contributed by atoms with Gasteiger partial charge in [0.2, 0.25) is 0 Å². The van der Waals surface area contributed by atoms with Gasteiger partial charge in [-0.1, -0.05) is 0 Å². The topological polar surface area (TPSA) is 124 Å². The molecule has 1 aromatic rings. The highest BCUT2D eigenvalue weighted by Gasteiger charge is 2.32. The molecule has 0 amide bonds. The highest BCUT2D eigenvalue weighted by atomic mass is 16.5. The maximum atomic E-state index is 13.5. The Kier molecular flexibility index (Phi) is 13.1. The molecule has 266 valence electrons. The summed E-state index contributed by atoms with van der Waals surface area (Å²) >= 11 is 0. The molecule has 12 nitrogen and oxygen atoms in total. The number of benzene rings is 1. The fourth-order valence-corrected chi connectivity index (χ4v) is 7.29. The van der Waals surface area contributed by atoms with Crippen molar-refractivity contribution >= 4 is 23.5 Å². The first kappa shape index (κ1) is 36.5. The van der Waals surface area contributed by atoms with Crippen LogP contribution in [0.3, 0.4) is 0 Å². The van der Waals surface area contributed by atoms with Gasteiger partial charge in [-0.05, 0) is 91.4 Å². The standard InChI is InChI=1S/C36H56N6O6/c1-25(43)27-5-9-29(10-6-27)35(45)47-33-21-32(24-38-42-19-15-40(4)16-20-42)34(22-31(33)23-37-41-17-13-39(3)14-18-41)48-36(46)30-11-7-28(8-12-30)26(2)44/h21-22,27-30,37-38H,5-20,23-24H2,1-4H3. The van der Waals surface area contributed by atoms with E-state index in [2.05, 4.69) is 44.8 Å². The van der Waals surface area contributed by atoms with Gasteiger partial charge in [0.25, 0.3) is 0 Å². The zero-order valence-corrected chi connectivity index (χ0v) is 29.4. The van der Waals surface area contributed by atoms with E-state index in [1.165, 1.54) is 0 Å². The summed E-state index contributed by atoms with van der Waals surface area (Å²) in [5, 5.41) is 4.35. The highest BCUT2D eigenvalue weighted by molar-refractivity contribution is 5.81. The van der Waals surface area contributed by atoms with Gasteiger partial charge in [-0.2, -0.15) is 0 Å². The summed E-state index contributed by atoms with van der Waals surface area (Å²) in [6, 6.07) is 3.72. The molecule has 1 aromatic carbocycles. The molecule has 0 radical (unpaired) electrons. The minimum absolute atomic E-state index is 0.0242. The van der Waals surface area contributed by atoms with E-state index in [0.29, 0.717) is 76.0 Å². The molecule has 2 N–H and O–H groups in total. The monoisotopic (exact) mass is 668 g/mol. The Labute approximate surface area is 285 Å². The van der Waals surface area contributed by atoms with E-state index in [-0.39, 0.29) is 47.2 Å². The van der Waals surface area contributed by atoms with Crippen molar-refractivity contribution in [3.63, 3.8) is 0 Å². The second-order valence-corrected chi connectivity index (χ2v) is 14.5. The first-order valence-electron chi connectivity index (χ1n) is 18.0. The number of nitrogens with zero attached hydrogens (tertiary/aromatic N) is 4. The van der Waals surface area contributed by atoms with Crippen LogP contribution in [0, 0.1) is 23.7 Å². The first-order chi connectivity index (χ1) is 23.0. The Morgan fingerprint density at radius 1 is 0.562 bits per heavy atom. The number of hydrazine groups is 2. The van der Waals surface area contributed by atoms with Crippen LogP contribution in [0.25, 0.3) is 0 Å². The molecule has 0 spiro atoms. The van der Waals surface area contributed by atoms with Gasteiger partial charge in [-0.25, -0.2) is 10.0 Å². The third kappa shape index (κ3) is 10.1. The fraction of sp³-hybridized carbons (Fsp3) is 0.722. The number of Topliss-reactive ketones (excluding diaryl/α,β-unsaturated/α-hetero) is 2. The van der Waals surface area contributed by atoms with E-state index < -0.39 is 0 Å². The van der Waals surface area contributed by atoms with Crippen LogP contribution < -0.4 is 20.3 Å². The summed E-state index contributed by atoms with van der Waals surface area (Å²) in [6.45, 7) is 11.3. The van der Waals surface area contributed by atoms with Gasteiger partial charge in [0.05, 0.1) is 11.8 Å². The Morgan fingerprint density at radius 3 is 1.19 bits per heavy atom. The van der Waals surface area contributed by atoms with Gasteiger partial charge < -0.3 is 19.3 Å². The van der Waals surface area contributed by atoms with Crippen LogP contribution in [0.5, 0.6) is 11.5 Å². The molecule has 4 aliphatic rings. The van der Waals surface area contributed by atoms with E-state index in [1.807, 2.05) is 12.1 Å². The number of carbonyl (C=O) groups is 4. The minimum atomic E-state index is -0.275. The second kappa shape index (κ2) is 17.3. The quantitative estimate of drug-likeness (QED) is 0.252. The lowest BCUT2D eigenvalue weighted by Gasteiger charge is -2.33. The van der Waals surface area contributed by atoms with Crippen LogP contribution in [0.1, 0.15) is 76.3 Å². The fourth-order valence-electron chi connectivity index (χ4n) is 7.29. The lowest BCUT2D eigenvalue weighted by Crippen LogP contribution is -2.50. The molecule has 0 atom stereocenters. The number of likely N-dealkylation sites (N-methyl/N-ethyl adjacent to an activating group) is 2. The lowest BCUT2D eigenvalue weighted by atomic mass is 9.80. The van der Waals surface area contributed by atoms with Crippen LogP contribution in [0.15, 0.2) is 12.1 Å². The summed E-state index contributed by atoms with van der Waals surface area (Å²) in [5.74, 6) is 0.293. The van der Waals surface area contributed by atoms with Gasteiger partial charge in [0.15, 0.2) is 0 Å². The second-order valence-electron chi connectivity index (χ2n) is 14.5. The Morgan fingerprint density at radius 2 is 0.875 bits per heavy atom. The van der Waals surface area contributed by atoms with Gasteiger partial charge in [0, 0.05) is 88.4 Å². The number of hydrogen-bond donors (Lipinski definition) is 2. The van der Waals surface area contributed by atoms with Crippen LogP contribution in [-0.4, -0.2) is 110 Å². The maximum absolute atomic E-state index is 13.5. The van der Waals surface area contributed by atoms with Crippen molar-refractivity contribution < 1.29 is 28.7 Å². The molecular formula is C36H56N6O6. The largest absolute Gasteiger partial charge is 0.426 e. The van der Waals surface area contributed by atoms with E-state index >= 15 is 0 Å². The van der Waals surface area contributed by atoms with Crippen molar-refractivity contribution in [2.24, 2.45) is 23.7 Å². The molecule has 12 heteroatoms. The number of ketones is 2. The third-order valence-electron chi connectivity index (χ3n) is 10.9. The van der Waals surface area contributed by atoms with Crippen LogP contribution in [0.2, 0.25) is 0 Å². The van der Waals surface area contributed by atoms with Gasteiger partial charge >= 0.3 is 11.9 Å². The zero-order chi connectivity index (χ0) is 34.2. The van der Waals surface area contributed by atoms with E-state index in [9.17, 15) is 19.2 Å². The average Bonchev–Trinajstić information content (AvgIpc) is 3.08. The minimum Gasteiger partial charge on any atom is -0.426 e. The summed E-state index contributed by atoms with van der Waals surface area (Å²) in [6.07, 6.45) is 5.36. The summed E-state index contributed by atoms with van der Waals surface area (Å²) < 4.78 is 12.4. The lowest BCUT2D eigenvalue weighted by molar-refractivity contribution is -0.142. The van der Waals surface area contributed by atoms with Crippen molar-refractivity contribution in [1.82, 2.24) is 30.7 Å². The molecule has 0 bridgehead atoms. The normalized spacial score (nSPS) is 26.6. The summed E-state index contributed by atoms with van der Waals surface area (Å²) in [7, 11) is 4.22. The smallest absolute Gasteiger partial charge is 0.314 e. The number of nitrogens with one attached hydrogen (secondary N) is 2. The number of carbonyl (C=O) groups excluding carboxylic acids is 4. The Bertz CT molecular complexity index is 1180. The third-order valence-corrected chi connectivity index (χ3v) is 10.9. The highest BCUT2D eigenvalue weighted by Crippen LogP contribution is 2.35. The first-order valence-corrected chi connectivity index (χ1v) is 18.0. The number of esters is 2.